The second-order valence-electron chi connectivity index (χ2n) is 8.19. The summed E-state index contributed by atoms with van der Waals surface area (Å²) < 4.78 is 13.1. The average molecular weight is 401 g/mol. The third-order valence-corrected chi connectivity index (χ3v) is 6.93. The number of piperidine rings is 1. The summed E-state index contributed by atoms with van der Waals surface area (Å²) in [5, 5.41) is 2.14. The minimum absolute atomic E-state index is 0.204. The van der Waals surface area contributed by atoms with E-state index in [0.29, 0.717) is 18.4 Å². The molecule has 1 aliphatic carbocycles. The number of carbonyl (C=O) groups excluding carboxylic acids is 1. The first-order chi connectivity index (χ1) is 13.7. The summed E-state index contributed by atoms with van der Waals surface area (Å²) in [4.78, 5) is 19.2. The topological polar surface area (TPSA) is 23.6 Å². The molecule has 28 heavy (non-hydrogen) atoms. The van der Waals surface area contributed by atoms with E-state index < -0.39 is 0 Å². The molecule has 2 aromatic rings. The van der Waals surface area contributed by atoms with E-state index in [1.54, 1.807) is 12.1 Å². The Hall–Kier alpha value is -1.72. The Morgan fingerprint density at radius 2 is 1.86 bits per heavy atom. The number of rotatable bonds is 8. The Balaban J connectivity index is 1.31. The van der Waals surface area contributed by atoms with E-state index in [-0.39, 0.29) is 11.7 Å². The molecule has 0 bridgehead atoms. The molecule has 150 valence electrons. The Bertz CT molecular complexity index is 749. The molecule has 0 atom stereocenters. The molecule has 2 aliphatic rings. The first-order valence-electron chi connectivity index (χ1n) is 10.5. The Morgan fingerprint density at radius 3 is 2.50 bits per heavy atom. The van der Waals surface area contributed by atoms with Crippen molar-refractivity contribution in [2.24, 2.45) is 5.92 Å². The number of hydrogen-bond acceptors (Lipinski definition) is 3. The Kier molecular flexibility index (Phi) is 6.43. The second-order valence-corrected chi connectivity index (χ2v) is 9.23. The molecule has 1 aromatic heterocycles. The summed E-state index contributed by atoms with van der Waals surface area (Å²) in [6.07, 6.45) is 6.13. The molecule has 2 fully saturated rings. The molecule has 1 saturated carbocycles. The zero-order chi connectivity index (χ0) is 19.3. The summed E-state index contributed by atoms with van der Waals surface area (Å²) in [6.45, 7) is 4.15. The van der Waals surface area contributed by atoms with E-state index in [2.05, 4.69) is 27.3 Å². The van der Waals surface area contributed by atoms with Crippen LogP contribution in [0.2, 0.25) is 0 Å². The third kappa shape index (κ3) is 5.42. The SMILES string of the molecule is O=C(Cc1ccc(F)cc1)N(CC1CC1)C1CCN(CCc2cccs2)CC1. The van der Waals surface area contributed by atoms with Crippen LogP contribution in [-0.4, -0.2) is 47.9 Å². The van der Waals surface area contributed by atoms with Crippen LogP contribution in [0.3, 0.4) is 0 Å². The zero-order valence-electron chi connectivity index (χ0n) is 16.4. The lowest BCUT2D eigenvalue weighted by Crippen LogP contribution is -2.49. The van der Waals surface area contributed by atoms with E-state index in [1.807, 2.05) is 11.3 Å². The number of nitrogens with zero attached hydrogens (tertiary/aromatic N) is 2. The fraction of sp³-hybridized carbons (Fsp3) is 0.522. The summed E-state index contributed by atoms with van der Waals surface area (Å²) >= 11 is 1.83. The lowest BCUT2D eigenvalue weighted by molar-refractivity contribution is -0.134. The van der Waals surface area contributed by atoms with Gasteiger partial charge in [0, 0.05) is 37.1 Å². The first-order valence-corrected chi connectivity index (χ1v) is 11.3. The van der Waals surface area contributed by atoms with Gasteiger partial charge in [-0.15, -0.1) is 11.3 Å². The molecule has 5 heteroatoms. The molecule has 0 N–H and O–H groups in total. The van der Waals surface area contributed by atoms with Crippen LogP contribution in [0, 0.1) is 11.7 Å². The maximum atomic E-state index is 13.1. The van der Waals surface area contributed by atoms with Crippen LogP contribution in [0.25, 0.3) is 0 Å². The summed E-state index contributed by atoms with van der Waals surface area (Å²) in [5.74, 6) is 0.644. The average Bonchev–Trinajstić information content (AvgIpc) is 3.38. The number of carbonyl (C=O) groups is 1. The van der Waals surface area contributed by atoms with E-state index in [0.717, 1.165) is 51.0 Å². The molecule has 0 unspecified atom stereocenters. The Labute approximate surface area is 171 Å². The molecule has 1 aromatic carbocycles. The van der Waals surface area contributed by atoms with Crippen molar-refractivity contribution in [1.29, 1.82) is 0 Å². The third-order valence-electron chi connectivity index (χ3n) is 5.99. The van der Waals surface area contributed by atoms with E-state index in [9.17, 15) is 9.18 Å². The summed E-state index contributed by atoms with van der Waals surface area (Å²) in [6, 6.07) is 11.0. The largest absolute Gasteiger partial charge is 0.339 e. The van der Waals surface area contributed by atoms with Gasteiger partial charge in [-0.25, -0.2) is 4.39 Å². The smallest absolute Gasteiger partial charge is 0.227 e. The molecule has 3 nitrogen and oxygen atoms in total. The van der Waals surface area contributed by atoms with Gasteiger partial charge in [0.1, 0.15) is 5.82 Å². The fourth-order valence-electron chi connectivity index (χ4n) is 4.09. The van der Waals surface area contributed by atoms with Gasteiger partial charge in [0.2, 0.25) is 5.91 Å². The minimum Gasteiger partial charge on any atom is -0.339 e. The van der Waals surface area contributed by atoms with Gasteiger partial charge in [-0.2, -0.15) is 0 Å². The molecule has 1 saturated heterocycles. The molecule has 1 aliphatic heterocycles. The van der Waals surface area contributed by atoms with Crippen LogP contribution in [0.5, 0.6) is 0 Å². The number of halogens is 1. The molecule has 2 heterocycles. The summed E-state index contributed by atoms with van der Waals surface area (Å²) in [5.41, 5.74) is 0.903. The van der Waals surface area contributed by atoms with Gasteiger partial charge in [-0.05, 0) is 67.2 Å². The van der Waals surface area contributed by atoms with E-state index >= 15 is 0 Å². The van der Waals surface area contributed by atoms with Gasteiger partial charge < -0.3 is 9.80 Å². The second kappa shape index (κ2) is 9.19. The van der Waals surface area contributed by atoms with Gasteiger partial charge in [-0.1, -0.05) is 18.2 Å². The molecule has 0 radical (unpaired) electrons. The van der Waals surface area contributed by atoms with Gasteiger partial charge in [0.05, 0.1) is 6.42 Å². The monoisotopic (exact) mass is 400 g/mol. The van der Waals surface area contributed by atoms with Crippen LogP contribution < -0.4 is 0 Å². The lowest BCUT2D eigenvalue weighted by Gasteiger charge is -2.39. The van der Waals surface area contributed by atoms with Crippen molar-refractivity contribution in [1.82, 2.24) is 9.80 Å². The van der Waals surface area contributed by atoms with Crippen molar-refractivity contribution >= 4 is 17.2 Å². The first kappa shape index (κ1) is 19.6. The number of thiophene rings is 1. The van der Waals surface area contributed by atoms with E-state index in [1.165, 1.54) is 29.9 Å². The highest BCUT2D eigenvalue weighted by Gasteiger charge is 2.32. The fourth-order valence-corrected chi connectivity index (χ4v) is 4.79. The maximum Gasteiger partial charge on any atom is 0.227 e. The summed E-state index contributed by atoms with van der Waals surface area (Å²) in [7, 11) is 0. The zero-order valence-corrected chi connectivity index (χ0v) is 17.2. The van der Waals surface area contributed by atoms with Crippen LogP contribution in [-0.2, 0) is 17.6 Å². The van der Waals surface area contributed by atoms with Crippen molar-refractivity contribution in [3.63, 3.8) is 0 Å². The van der Waals surface area contributed by atoms with Crippen molar-refractivity contribution in [3.05, 3.63) is 58.0 Å². The predicted octanol–water partition coefficient (Wildman–Crippen LogP) is 4.38. The molecule has 1 amide bonds. The van der Waals surface area contributed by atoms with Crippen molar-refractivity contribution in [2.75, 3.05) is 26.2 Å². The van der Waals surface area contributed by atoms with Gasteiger partial charge in [0.15, 0.2) is 0 Å². The standard InChI is InChI=1S/C23H29FN2OS/c24-20-7-5-18(6-8-20)16-23(27)26(17-19-3-4-19)21-9-12-25(13-10-21)14-11-22-2-1-15-28-22/h1-2,5-8,15,19,21H,3-4,9-14,16-17H2. The van der Waals surface area contributed by atoms with Gasteiger partial charge >= 0.3 is 0 Å². The lowest BCUT2D eigenvalue weighted by atomic mass is 10.0. The Morgan fingerprint density at radius 1 is 1.11 bits per heavy atom. The van der Waals surface area contributed by atoms with Crippen molar-refractivity contribution in [2.45, 2.75) is 44.6 Å². The van der Waals surface area contributed by atoms with Crippen molar-refractivity contribution < 1.29 is 9.18 Å². The van der Waals surface area contributed by atoms with E-state index in [4.69, 9.17) is 0 Å². The molecule has 4 rings (SSSR count). The minimum atomic E-state index is -0.249. The molecular weight excluding hydrogens is 371 g/mol. The predicted molar refractivity (Wildman–Crippen MR) is 112 cm³/mol. The number of benzene rings is 1. The number of hydrogen-bond donors (Lipinski definition) is 0. The van der Waals surface area contributed by atoms with Gasteiger partial charge in [0.25, 0.3) is 0 Å². The van der Waals surface area contributed by atoms with Crippen molar-refractivity contribution in [3.8, 4) is 0 Å². The maximum absolute atomic E-state index is 13.1. The number of amides is 1. The highest BCUT2D eigenvalue weighted by atomic mass is 32.1. The van der Waals surface area contributed by atoms with Crippen LogP contribution >= 0.6 is 11.3 Å². The van der Waals surface area contributed by atoms with Crippen LogP contribution in [0.4, 0.5) is 4.39 Å². The highest BCUT2D eigenvalue weighted by molar-refractivity contribution is 7.09. The highest BCUT2D eigenvalue weighted by Crippen LogP contribution is 2.32. The quantitative estimate of drug-likeness (QED) is 0.657. The van der Waals surface area contributed by atoms with Gasteiger partial charge in [-0.3, -0.25) is 4.79 Å². The van der Waals surface area contributed by atoms with Crippen LogP contribution in [0.1, 0.15) is 36.1 Å². The number of likely N-dealkylation sites (tertiary alicyclic amines) is 1. The molecule has 0 spiro atoms. The van der Waals surface area contributed by atoms with Crippen LogP contribution in [0.15, 0.2) is 41.8 Å². The normalized spacial score (nSPS) is 18.3. The molecular formula is C23H29FN2OS.